The van der Waals surface area contributed by atoms with Gasteiger partial charge < -0.3 is 20.2 Å². The van der Waals surface area contributed by atoms with E-state index in [2.05, 4.69) is 10.2 Å². The zero-order chi connectivity index (χ0) is 13.7. The summed E-state index contributed by atoms with van der Waals surface area (Å²) in [6.45, 7) is 4.39. The Morgan fingerprint density at radius 2 is 2.06 bits per heavy atom. The highest BCUT2D eigenvalue weighted by molar-refractivity contribution is 5.76. The standard InChI is InChI=1S/C12H23N3O3/c1-9(11(16)17)10-7-15(8-10)12(18)13-5-4-6-14(2)3/h9-10H,4-8H2,1-3H3,(H,13,18)(H,16,17). The van der Waals surface area contributed by atoms with Crippen LogP contribution in [-0.2, 0) is 4.79 Å². The predicted molar refractivity (Wildman–Crippen MR) is 68.4 cm³/mol. The van der Waals surface area contributed by atoms with Crippen LogP contribution in [0.3, 0.4) is 0 Å². The van der Waals surface area contributed by atoms with Crippen LogP contribution in [0.1, 0.15) is 13.3 Å². The Balaban J connectivity index is 2.13. The number of rotatable bonds is 6. The van der Waals surface area contributed by atoms with Gasteiger partial charge in [-0.2, -0.15) is 0 Å². The van der Waals surface area contributed by atoms with Gasteiger partial charge >= 0.3 is 12.0 Å². The number of aliphatic carboxylic acids is 1. The van der Waals surface area contributed by atoms with Gasteiger partial charge in [-0.1, -0.05) is 6.92 Å². The molecule has 1 atom stereocenters. The fourth-order valence-corrected chi connectivity index (χ4v) is 1.90. The lowest BCUT2D eigenvalue weighted by molar-refractivity contribution is -0.144. The minimum atomic E-state index is -0.786. The maximum Gasteiger partial charge on any atom is 0.317 e. The minimum Gasteiger partial charge on any atom is -0.481 e. The highest BCUT2D eigenvalue weighted by atomic mass is 16.4. The van der Waals surface area contributed by atoms with Gasteiger partial charge in [0.05, 0.1) is 5.92 Å². The molecule has 0 aromatic rings. The molecule has 0 bridgehead atoms. The third kappa shape index (κ3) is 4.18. The summed E-state index contributed by atoms with van der Waals surface area (Å²) in [6.07, 6.45) is 0.918. The Hall–Kier alpha value is -1.30. The van der Waals surface area contributed by atoms with Gasteiger partial charge in [0.25, 0.3) is 0 Å². The van der Waals surface area contributed by atoms with Crippen LogP contribution in [-0.4, -0.2) is 67.2 Å². The van der Waals surface area contributed by atoms with Gasteiger partial charge in [0.1, 0.15) is 0 Å². The van der Waals surface area contributed by atoms with E-state index in [1.807, 2.05) is 14.1 Å². The Morgan fingerprint density at radius 3 is 2.56 bits per heavy atom. The molecule has 6 heteroatoms. The summed E-state index contributed by atoms with van der Waals surface area (Å²) in [6, 6.07) is -0.0809. The first kappa shape index (κ1) is 14.8. The van der Waals surface area contributed by atoms with Gasteiger partial charge in [-0.3, -0.25) is 4.79 Å². The molecule has 1 unspecified atom stereocenters. The number of carboxylic acids is 1. The number of urea groups is 1. The number of hydrogen-bond acceptors (Lipinski definition) is 3. The Kier molecular flexibility index (Phi) is 5.40. The topological polar surface area (TPSA) is 72.9 Å². The molecule has 1 rings (SSSR count). The second kappa shape index (κ2) is 6.58. The number of hydrogen-bond donors (Lipinski definition) is 2. The van der Waals surface area contributed by atoms with Crippen molar-refractivity contribution >= 4 is 12.0 Å². The SMILES string of the molecule is CC(C(=O)O)C1CN(C(=O)NCCCN(C)C)C1. The summed E-state index contributed by atoms with van der Waals surface area (Å²) in [5, 5.41) is 11.7. The van der Waals surface area contributed by atoms with Crippen molar-refractivity contribution in [2.45, 2.75) is 13.3 Å². The second-order valence-electron chi connectivity index (χ2n) is 5.18. The zero-order valence-electron chi connectivity index (χ0n) is 11.3. The monoisotopic (exact) mass is 257 g/mol. The Bertz CT molecular complexity index is 301. The van der Waals surface area contributed by atoms with Gasteiger partial charge in [0.2, 0.25) is 0 Å². The lowest BCUT2D eigenvalue weighted by Gasteiger charge is -2.41. The molecular weight excluding hydrogens is 234 g/mol. The first-order valence-electron chi connectivity index (χ1n) is 6.32. The number of carbonyl (C=O) groups excluding carboxylic acids is 1. The highest BCUT2D eigenvalue weighted by Gasteiger charge is 2.36. The second-order valence-corrected chi connectivity index (χ2v) is 5.18. The number of nitrogens with zero attached hydrogens (tertiary/aromatic N) is 2. The Labute approximate surface area is 108 Å². The smallest absolute Gasteiger partial charge is 0.317 e. The molecule has 1 fully saturated rings. The molecule has 6 nitrogen and oxygen atoms in total. The minimum absolute atomic E-state index is 0.0809. The van der Waals surface area contributed by atoms with Crippen molar-refractivity contribution in [3.8, 4) is 0 Å². The molecule has 1 saturated heterocycles. The van der Waals surface area contributed by atoms with E-state index >= 15 is 0 Å². The van der Waals surface area contributed by atoms with Gasteiger partial charge in [-0.05, 0) is 27.1 Å². The third-order valence-electron chi connectivity index (χ3n) is 3.35. The molecule has 0 aromatic heterocycles. The van der Waals surface area contributed by atoms with Crippen molar-refractivity contribution in [2.24, 2.45) is 11.8 Å². The number of amides is 2. The van der Waals surface area contributed by atoms with Gasteiger partial charge in [0, 0.05) is 25.6 Å². The summed E-state index contributed by atoms with van der Waals surface area (Å²) in [4.78, 5) is 26.2. The van der Waals surface area contributed by atoms with Gasteiger partial charge in [-0.25, -0.2) is 4.79 Å². The van der Waals surface area contributed by atoms with E-state index in [0.29, 0.717) is 19.6 Å². The van der Waals surface area contributed by atoms with Crippen molar-refractivity contribution in [3.63, 3.8) is 0 Å². The third-order valence-corrected chi connectivity index (χ3v) is 3.35. The molecule has 0 radical (unpaired) electrons. The molecule has 0 aliphatic carbocycles. The van der Waals surface area contributed by atoms with E-state index in [1.165, 1.54) is 0 Å². The first-order valence-corrected chi connectivity index (χ1v) is 6.32. The first-order chi connectivity index (χ1) is 8.41. The molecule has 1 aliphatic heterocycles. The number of likely N-dealkylation sites (tertiary alicyclic amines) is 1. The van der Waals surface area contributed by atoms with E-state index in [1.54, 1.807) is 11.8 Å². The quantitative estimate of drug-likeness (QED) is 0.671. The molecule has 18 heavy (non-hydrogen) atoms. The molecule has 0 saturated carbocycles. The largest absolute Gasteiger partial charge is 0.481 e. The van der Waals surface area contributed by atoms with Crippen molar-refractivity contribution in [3.05, 3.63) is 0 Å². The van der Waals surface area contributed by atoms with Crippen molar-refractivity contribution in [1.29, 1.82) is 0 Å². The van der Waals surface area contributed by atoms with Crippen LogP contribution in [0, 0.1) is 11.8 Å². The van der Waals surface area contributed by atoms with Crippen LogP contribution in [0.4, 0.5) is 4.79 Å². The maximum absolute atomic E-state index is 11.7. The summed E-state index contributed by atoms with van der Waals surface area (Å²) in [7, 11) is 3.99. The van der Waals surface area contributed by atoms with E-state index in [0.717, 1.165) is 13.0 Å². The van der Waals surface area contributed by atoms with Crippen molar-refractivity contribution in [2.75, 3.05) is 40.3 Å². The van der Waals surface area contributed by atoms with E-state index < -0.39 is 5.97 Å². The van der Waals surface area contributed by atoms with Crippen LogP contribution in [0.2, 0.25) is 0 Å². The molecule has 1 aliphatic rings. The molecule has 0 spiro atoms. The molecule has 0 aromatic carbocycles. The maximum atomic E-state index is 11.7. The predicted octanol–water partition coefficient (Wildman–Crippen LogP) is 0.300. The number of carbonyl (C=O) groups is 2. The summed E-state index contributed by atoms with van der Waals surface area (Å²) in [5.41, 5.74) is 0. The van der Waals surface area contributed by atoms with E-state index in [9.17, 15) is 9.59 Å². The average molecular weight is 257 g/mol. The van der Waals surface area contributed by atoms with Gasteiger partial charge in [0.15, 0.2) is 0 Å². The fourth-order valence-electron chi connectivity index (χ4n) is 1.90. The van der Waals surface area contributed by atoms with Crippen LogP contribution in [0.5, 0.6) is 0 Å². The summed E-state index contributed by atoms with van der Waals surface area (Å²) in [5.74, 6) is -1.07. The van der Waals surface area contributed by atoms with Crippen LogP contribution < -0.4 is 5.32 Å². The summed E-state index contributed by atoms with van der Waals surface area (Å²) < 4.78 is 0. The fraction of sp³-hybridized carbons (Fsp3) is 0.833. The zero-order valence-corrected chi connectivity index (χ0v) is 11.3. The number of nitrogens with one attached hydrogen (secondary N) is 1. The van der Waals surface area contributed by atoms with Crippen LogP contribution in [0.25, 0.3) is 0 Å². The van der Waals surface area contributed by atoms with E-state index in [-0.39, 0.29) is 17.9 Å². The Morgan fingerprint density at radius 1 is 1.44 bits per heavy atom. The normalized spacial score (nSPS) is 17.4. The summed E-state index contributed by atoms with van der Waals surface area (Å²) >= 11 is 0. The number of carboxylic acid groups (broad SMARTS) is 1. The molecule has 2 amide bonds. The van der Waals surface area contributed by atoms with Crippen LogP contribution >= 0.6 is 0 Å². The van der Waals surface area contributed by atoms with Crippen LogP contribution in [0.15, 0.2) is 0 Å². The lowest BCUT2D eigenvalue weighted by atomic mass is 9.87. The lowest BCUT2D eigenvalue weighted by Crippen LogP contribution is -2.56. The molecule has 1 heterocycles. The highest BCUT2D eigenvalue weighted by Crippen LogP contribution is 2.23. The molecule has 104 valence electrons. The van der Waals surface area contributed by atoms with E-state index in [4.69, 9.17) is 5.11 Å². The molecule has 2 N–H and O–H groups in total. The average Bonchev–Trinajstić information content (AvgIpc) is 2.21. The van der Waals surface area contributed by atoms with Gasteiger partial charge in [-0.15, -0.1) is 0 Å². The van der Waals surface area contributed by atoms with Crippen molar-refractivity contribution in [1.82, 2.24) is 15.1 Å². The molecular formula is C12H23N3O3. The van der Waals surface area contributed by atoms with Crippen molar-refractivity contribution < 1.29 is 14.7 Å².